The maximum atomic E-state index is 11.4. The highest BCUT2D eigenvalue weighted by Gasteiger charge is 2.19. The molecule has 1 aromatic heterocycles. The van der Waals surface area contributed by atoms with Gasteiger partial charge in [0.05, 0.1) is 5.75 Å². The molecule has 0 spiro atoms. The van der Waals surface area contributed by atoms with E-state index in [1.807, 2.05) is 0 Å². The van der Waals surface area contributed by atoms with Gasteiger partial charge >= 0.3 is 0 Å². The zero-order chi connectivity index (χ0) is 13.7. The first kappa shape index (κ1) is 18.2. The lowest BCUT2D eigenvalue weighted by molar-refractivity contribution is -0.435. The lowest BCUT2D eigenvalue weighted by Crippen LogP contribution is -3.00. The van der Waals surface area contributed by atoms with Gasteiger partial charge in [0.25, 0.3) is 11.1 Å². The maximum absolute atomic E-state index is 11.4. The molecule has 0 saturated carbocycles. The van der Waals surface area contributed by atoms with Gasteiger partial charge < -0.3 is 27.5 Å². The quantitative estimate of drug-likeness (QED) is 0.591. The van der Waals surface area contributed by atoms with Crippen molar-refractivity contribution in [3.63, 3.8) is 0 Å². The molecule has 0 unspecified atom stereocenters. The average molecular weight is 309 g/mol. The van der Waals surface area contributed by atoms with Crippen molar-refractivity contribution in [3.05, 3.63) is 5.89 Å². The first-order valence-electron chi connectivity index (χ1n) is 5.89. The molecule has 0 aromatic carbocycles. The first-order valence-corrected chi connectivity index (χ1v) is 6.88. The van der Waals surface area contributed by atoms with Crippen LogP contribution in [0, 0.1) is 5.92 Å². The van der Waals surface area contributed by atoms with Crippen molar-refractivity contribution in [1.29, 1.82) is 0 Å². The van der Waals surface area contributed by atoms with Crippen molar-refractivity contribution < 1.29 is 27.4 Å². The lowest BCUT2D eigenvalue weighted by Gasteiger charge is -2.07. The van der Waals surface area contributed by atoms with Gasteiger partial charge in [-0.3, -0.25) is 4.79 Å². The van der Waals surface area contributed by atoms with Crippen molar-refractivity contribution >= 4 is 17.7 Å². The lowest BCUT2D eigenvalue weighted by atomic mass is 10.1. The standard InChI is InChI=1S/C11H20N4O2S.ClH/c1-7(2)5-8(12)10-13-14-11(17-10)18-6-9(16)15(3)4;/h7-8H,5-6,12H2,1-4H3;1H/t8-;/m1./s1. The summed E-state index contributed by atoms with van der Waals surface area (Å²) in [6.07, 6.45) is 0.906. The van der Waals surface area contributed by atoms with E-state index in [0.717, 1.165) is 6.42 Å². The average Bonchev–Trinajstić information content (AvgIpc) is 2.73. The third kappa shape index (κ3) is 6.26. The SMILES string of the molecule is CC(C)C[C@@H]([NH3+])c1nnc(SCC(=O)N(C)C)o1.[Cl-]. The summed E-state index contributed by atoms with van der Waals surface area (Å²) in [5.74, 6) is 1.41. The van der Waals surface area contributed by atoms with E-state index in [1.54, 1.807) is 14.1 Å². The number of quaternary nitrogens is 1. The van der Waals surface area contributed by atoms with Gasteiger partial charge in [-0.15, -0.1) is 10.2 Å². The number of aromatic nitrogens is 2. The summed E-state index contributed by atoms with van der Waals surface area (Å²) in [4.78, 5) is 12.9. The van der Waals surface area contributed by atoms with E-state index in [-0.39, 0.29) is 24.4 Å². The van der Waals surface area contributed by atoms with Crippen LogP contribution in [-0.2, 0) is 4.79 Å². The number of halogens is 1. The Hall–Kier alpha value is -0.790. The number of carbonyl (C=O) groups excluding carboxylic acids is 1. The van der Waals surface area contributed by atoms with E-state index in [2.05, 4.69) is 29.8 Å². The molecule has 0 aliphatic heterocycles. The molecule has 1 rings (SSSR count). The Morgan fingerprint density at radius 3 is 2.58 bits per heavy atom. The molecule has 0 radical (unpaired) electrons. The van der Waals surface area contributed by atoms with Crippen LogP contribution in [0.25, 0.3) is 0 Å². The molecule has 1 atom stereocenters. The molecule has 0 aliphatic rings. The number of rotatable bonds is 6. The van der Waals surface area contributed by atoms with Crippen LogP contribution in [0.15, 0.2) is 9.64 Å². The highest BCUT2D eigenvalue weighted by molar-refractivity contribution is 7.99. The van der Waals surface area contributed by atoms with Gasteiger partial charge in [-0.2, -0.15) is 0 Å². The van der Waals surface area contributed by atoms with E-state index < -0.39 is 0 Å². The Labute approximate surface area is 123 Å². The molecule has 1 aromatic rings. The molecule has 0 aliphatic carbocycles. The summed E-state index contributed by atoms with van der Waals surface area (Å²) in [7, 11) is 3.44. The highest BCUT2D eigenvalue weighted by atomic mass is 35.5. The van der Waals surface area contributed by atoms with Crippen LogP contribution >= 0.6 is 11.8 Å². The van der Waals surface area contributed by atoms with Crippen LogP contribution < -0.4 is 18.1 Å². The smallest absolute Gasteiger partial charge is 0.277 e. The molecule has 1 amide bonds. The molecule has 3 N–H and O–H groups in total. The number of carbonyl (C=O) groups is 1. The summed E-state index contributed by atoms with van der Waals surface area (Å²) >= 11 is 1.25. The predicted molar refractivity (Wildman–Crippen MR) is 68.8 cm³/mol. The number of hydrogen-bond acceptors (Lipinski definition) is 5. The van der Waals surface area contributed by atoms with Crippen LogP contribution in [-0.4, -0.2) is 40.9 Å². The van der Waals surface area contributed by atoms with Gasteiger partial charge in [0, 0.05) is 20.5 Å². The number of amides is 1. The van der Waals surface area contributed by atoms with Crippen LogP contribution in [0.2, 0.25) is 0 Å². The monoisotopic (exact) mass is 308 g/mol. The molecule has 0 saturated heterocycles. The number of nitrogens with zero attached hydrogens (tertiary/aromatic N) is 3. The van der Waals surface area contributed by atoms with E-state index >= 15 is 0 Å². The van der Waals surface area contributed by atoms with Gasteiger partial charge in [-0.1, -0.05) is 25.6 Å². The molecule has 8 heteroatoms. The molecular formula is C11H21ClN4O2S. The minimum Gasteiger partial charge on any atom is -1.00 e. The van der Waals surface area contributed by atoms with Crippen LogP contribution in [0.4, 0.5) is 0 Å². The van der Waals surface area contributed by atoms with E-state index in [0.29, 0.717) is 22.8 Å². The third-order valence-corrected chi connectivity index (χ3v) is 3.15. The van der Waals surface area contributed by atoms with Gasteiger partial charge in [-0.25, -0.2) is 0 Å². The molecule has 19 heavy (non-hydrogen) atoms. The second-order valence-corrected chi connectivity index (χ2v) is 5.74. The van der Waals surface area contributed by atoms with E-state index in [1.165, 1.54) is 16.7 Å². The summed E-state index contributed by atoms with van der Waals surface area (Å²) < 4.78 is 5.48. The zero-order valence-corrected chi connectivity index (χ0v) is 13.3. The molecule has 110 valence electrons. The van der Waals surface area contributed by atoms with Gasteiger partial charge in [0.15, 0.2) is 6.04 Å². The highest BCUT2D eigenvalue weighted by Crippen LogP contribution is 2.21. The van der Waals surface area contributed by atoms with E-state index in [9.17, 15) is 4.79 Å². The topological polar surface area (TPSA) is 86.9 Å². The largest absolute Gasteiger partial charge is 1.00 e. The van der Waals surface area contributed by atoms with Crippen LogP contribution in [0.3, 0.4) is 0 Å². The van der Waals surface area contributed by atoms with Crippen molar-refractivity contribution in [2.75, 3.05) is 19.8 Å². The van der Waals surface area contributed by atoms with Gasteiger partial charge in [0.1, 0.15) is 0 Å². The second kappa shape index (κ2) is 8.39. The molecule has 1 heterocycles. The molecular weight excluding hydrogens is 288 g/mol. The normalized spacial score (nSPS) is 12.1. The van der Waals surface area contributed by atoms with Gasteiger partial charge in [-0.05, 0) is 5.92 Å². The minimum atomic E-state index is 0. The molecule has 0 bridgehead atoms. The summed E-state index contributed by atoms with van der Waals surface area (Å²) in [6.45, 7) is 4.25. The van der Waals surface area contributed by atoms with Crippen molar-refractivity contribution in [2.24, 2.45) is 5.92 Å². The maximum Gasteiger partial charge on any atom is 0.277 e. The fourth-order valence-electron chi connectivity index (χ4n) is 1.37. The fraction of sp³-hybridized carbons (Fsp3) is 0.727. The summed E-state index contributed by atoms with van der Waals surface area (Å²) in [5.41, 5.74) is 4.00. The minimum absolute atomic E-state index is 0. The van der Waals surface area contributed by atoms with Crippen molar-refractivity contribution in [1.82, 2.24) is 15.1 Å². The van der Waals surface area contributed by atoms with Crippen LogP contribution in [0.5, 0.6) is 0 Å². The number of thioether (sulfide) groups is 1. The Balaban J connectivity index is 0.00000324. The predicted octanol–water partition coefficient (Wildman–Crippen LogP) is -2.42. The Kier molecular flexibility index (Phi) is 8.05. The summed E-state index contributed by atoms with van der Waals surface area (Å²) in [5, 5.41) is 8.31. The summed E-state index contributed by atoms with van der Waals surface area (Å²) in [6, 6.07) is 0.0106. The zero-order valence-electron chi connectivity index (χ0n) is 11.7. The third-order valence-electron chi connectivity index (χ3n) is 2.35. The van der Waals surface area contributed by atoms with E-state index in [4.69, 9.17) is 4.42 Å². The first-order chi connectivity index (χ1) is 8.40. The Morgan fingerprint density at radius 1 is 1.42 bits per heavy atom. The van der Waals surface area contributed by atoms with Gasteiger partial charge in [0.2, 0.25) is 5.91 Å². The second-order valence-electron chi connectivity index (χ2n) is 4.81. The fourth-order valence-corrected chi connectivity index (χ4v) is 2.11. The van der Waals surface area contributed by atoms with Crippen molar-refractivity contribution in [2.45, 2.75) is 31.5 Å². The van der Waals surface area contributed by atoms with Crippen molar-refractivity contribution in [3.8, 4) is 0 Å². The van der Waals surface area contributed by atoms with Crippen LogP contribution in [0.1, 0.15) is 32.2 Å². The molecule has 6 nitrogen and oxygen atoms in total. The Morgan fingerprint density at radius 2 is 2.05 bits per heavy atom. The Bertz CT molecular complexity index is 398. The number of hydrogen-bond donors (Lipinski definition) is 1. The molecule has 0 fully saturated rings.